The number of halogens is 2. The van der Waals surface area contributed by atoms with E-state index < -0.39 is 0 Å². The Morgan fingerprint density at radius 1 is 1.21 bits per heavy atom. The average Bonchev–Trinajstić information content (AvgIpc) is 2.61. The topological polar surface area (TPSA) is 34.1 Å². The number of rotatable bonds is 6. The highest BCUT2D eigenvalue weighted by Crippen LogP contribution is 2.38. The minimum absolute atomic E-state index is 0.264. The first-order chi connectivity index (χ1) is 11.7. The van der Waals surface area contributed by atoms with E-state index in [4.69, 9.17) is 21.1 Å². The molecular weight excluding hydrogens is 331 g/mol. The van der Waals surface area contributed by atoms with E-state index in [2.05, 4.69) is 4.99 Å². The maximum Gasteiger partial charge on any atom is 0.162 e. The molecule has 1 heterocycles. The number of fused-ring (bicyclic) bond motifs is 1. The van der Waals surface area contributed by atoms with Crippen LogP contribution in [0.4, 0.5) is 15.8 Å². The maximum absolute atomic E-state index is 13.2. The van der Waals surface area contributed by atoms with Gasteiger partial charge in [-0.05, 0) is 36.8 Å². The van der Waals surface area contributed by atoms with Gasteiger partial charge in [0, 0.05) is 29.4 Å². The summed E-state index contributed by atoms with van der Waals surface area (Å²) in [5.74, 6) is 1.59. The predicted molar refractivity (Wildman–Crippen MR) is 94.8 cm³/mol. The van der Waals surface area contributed by atoms with E-state index >= 15 is 0 Å². The number of hydrogen-bond acceptors (Lipinski definition) is 4. The zero-order valence-corrected chi connectivity index (χ0v) is 14.1. The first-order valence-electron chi connectivity index (χ1n) is 7.66. The molecule has 0 atom stereocenters. The number of nitrogens with zero attached hydrogens (tertiary/aromatic N) is 2. The molecule has 2 aromatic rings. The molecule has 0 saturated heterocycles. The van der Waals surface area contributed by atoms with E-state index in [1.807, 2.05) is 23.2 Å². The van der Waals surface area contributed by atoms with Gasteiger partial charge in [0.05, 0.1) is 19.4 Å². The Labute approximate surface area is 145 Å². The van der Waals surface area contributed by atoms with E-state index in [9.17, 15) is 4.39 Å². The van der Waals surface area contributed by atoms with Crippen molar-refractivity contribution in [2.45, 2.75) is 6.42 Å². The van der Waals surface area contributed by atoms with Crippen LogP contribution in [-0.2, 0) is 0 Å². The zero-order valence-electron chi connectivity index (χ0n) is 13.3. The monoisotopic (exact) mass is 348 g/mol. The third-order valence-electron chi connectivity index (χ3n) is 3.73. The molecule has 0 amide bonds. The van der Waals surface area contributed by atoms with Gasteiger partial charge in [0.1, 0.15) is 12.5 Å². The first kappa shape index (κ1) is 16.6. The number of hydrogen-bond donors (Lipinski definition) is 0. The second-order valence-electron chi connectivity index (χ2n) is 5.31. The summed E-state index contributed by atoms with van der Waals surface area (Å²) < 4.78 is 24.4. The molecule has 126 valence electrons. The summed E-state index contributed by atoms with van der Waals surface area (Å²) in [5, 5.41) is 0. The van der Waals surface area contributed by atoms with Gasteiger partial charge in [0.25, 0.3) is 0 Å². The molecule has 1 aliphatic heterocycles. The fourth-order valence-electron chi connectivity index (χ4n) is 2.55. The summed E-state index contributed by atoms with van der Waals surface area (Å²) in [6, 6.07) is 10.2. The summed E-state index contributed by atoms with van der Waals surface area (Å²) in [4.78, 5) is 6.38. The molecular formula is C18H18ClFN2O2. The highest BCUT2D eigenvalue weighted by Gasteiger charge is 2.19. The molecule has 0 aliphatic carbocycles. The van der Waals surface area contributed by atoms with Crippen LogP contribution in [0.15, 0.2) is 41.4 Å². The summed E-state index contributed by atoms with van der Waals surface area (Å²) in [6.07, 6.45) is 2.57. The van der Waals surface area contributed by atoms with Gasteiger partial charge in [0.15, 0.2) is 11.5 Å². The molecule has 6 heteroatoms. The van der Waals surface area contributed by atoms with Gasteiger partial charge in [-0.15, -0.1) is 11.6 Å². The second kappa shape index (κ2) is 7.53. The lowest BCUT2D eigenvalue weighted by Crippen LogP contribution is -2.22. The Bertz CT molecular complexity index is 735. The molecule has 0 N–H and O–H groups in total. The summed E-state index contributed by atoms with van der Waals surface area (Å²) in [5.41, 5.74) is 2.73. The molecule has 0 unspecified atom stereocenters. The molecule has 3 rings (SSSR count). The van der Waals surface area contributed by atoms with Crippen LogP contribution in [0.25, 0.3) is 0 Å². The molecule has 0 aromatic heterocycles. The van der Waals surface area contributed by atoms with Crippen molar-refractivity contribution < 1.29 is 13.9 Å². The van der Waals surface area contributed by atoms with Gasteiger partial charge in [0.2, 0.25) is 0 Å². The van der Waals surface area contributed by atoms with Crippen molar-refractivity contribution in [3.8, 4) is 11.5 Å². The van der Waals surface area contributed by atoms with E-state index in [0.717, 1.165) is 23.4 Å². The summed E-state index contributed by atoms with van der Waals surface area (Å²) in [6.45, 7) is 0.992. The summed E-state index contributed by atoms with van der Waals surface area (Å²) >= 11 is 5.69. The Hall–Kier alpha value is -2.27. The average molecular weight is 349 g/mol. The van der Waals surface area contributed by atoms with Crippen molar-refractivity contribution in [1.29, 1.82) is 0 Å². The standard InChI is InChI=1S/C18H18ClFN2O2/c1-23-17-10-16-13(9-18(17)24-8-2-7-19)11-21-12-22(16)15-5-3-14(20)4-6-15/h3-6,9-11H,2,7-8,12H2,1H3. The third kappa shape index (κ3) is 3.46. The van der Waals surface area contributed by atoms with Gasteiger partial charge >= 0.3 is 0 Å². The Kier molecular flexibility index (Phi) is 5.20. The largest absolute Gasteiger partial charge is 0.493 e. The van der Waals surface area contributed by atoms with Crippen LogP contribution in [0.5, 0.6) is 11.5 Å². The van der Waals surface area contributed by atoms with Crippen LogP contribution in [-0.4, -0.2) is 32.5 Å². The number of anilines is 2. The molecule has 24 heavy (non-hydrogen) atoms. The maximum atomic E-state index is 13.2. The number of alkyl halides is 1. The lowest BCUT2D eigenvalue weighted by atomic mass is 10.1. The van der Waals surface area contributed by atoms with E-state index in [1.54, 1.807) is 19.2 Å². The van der Waals surface area contributed by atoms with E-state index in [-0.39, 0.29) is 5.82 Å². The highest BCUT2D eigenvalue weighted by molar-refractivity contribution is 6.17. The predicted octanol–water partition coefficient (Wildman–Crippen LogP) is 4.37. The second-order valence-corrected chi connectivity index (χ2v) is 5.69. The van der Waals surface area contributed by atoms with Crippen molar-refractivity contribution in [1.82, 2.24) is 0 Å². The van der Waals surface area contributed by atoms with Crippen LogP contribution < -0.4 is 14.4 Å². The first-order valence-corrected chi connectivity index (χ1v) is 8.20. The summed E-state index contributed by atoms with van der Waals surface area (Å²) in [7, 11) is 1.61. The van der Waals surface area contributed by atoms with Crippen molar-refractivity contribution in [3.63, 3.8) is 0 Å². The van der Waals surface area contributed by atoms with Crippen LogP contribution in [0.1, 0.15) is 12.0 Å². The third-order valence-corrected chi connectivity index (χ3v) is 4.00. The number of aliphatic imine (C=N–C) groups is 1. The van der Waals surface area contributed by atoms with Crippen LogP contribution in [0, 0.1) is 5.82 Å². The van der Waals surface area contributed by atoms with E-state index in [0.29, 0.717) is 30.7 Å². The van der Waals surface area contributed by atoms with Gasteiger partial charge in [-0.3, -0.25) is 4.99 Å². The Balaban J connectivity index is 1.95. The lowest BCUT2D eigenvalue weighted by Gasteiger charge is -2.28. The van der Waals surface area contributed by atoms with E-state index in [1.165, 1.54) is 12.1 Å². The van der Waals surface area contributed by atoms with Crippen LogP contribution >= 0.6 is 11.6 Å². The van der Waals surface area contributed by atoms with Crippen molar-refractivity contribution in [2.24, 2.45) is 4.99 Å². The Morgan fingerprint density at radius 2 is 2.00 bits per heavy atom. The molecule has 0 spiro atoms. The highest BCUT2D eigenvalue weighted by atomic mass is 35.5. The normalized spacial score (nSPS) is 12.9. The fourth-order valence-corrected chi connectivity index (χ4v) is 2.66. The van der Waals surface area contributed by atoms with Gasteiger partial charge in [-0.1, -0.05) is 0 Å². The minimum Gasteiger partial charge on any atom is -0.493 e. The van der Waals surface area contributed by atoms with Gasteiger partial charge < -0.3 is 14.4 Å². The molecule has 0 fully saturated rings. The smallest absolute Gasteiger partial charge is 0.162 e. The van der Waals surface area contributed by atoms with Crippen molar-refractivity contribution >= 4 is 29.2 Å². The van der Waals surface area contributed by atoms with Crippen LogP contribution in [0.3, 0.4) is 0 Å². The number of ether oxygens (including phenoxy) is 2. The molecule has 0 radical (unpaired) electrons. The lowest BCUT2D eigenvalue weighted by molar-refractivity contribution is 0.295. The fraction of sp³-hybridized carbons (Fsp3) is 0.278. The number of benzene rings is 2. The van der Waals surface area contributed by atoms with Crippen LogP contribution in [0.2, 0.25) is 0 Å². The molecule has 1 aliphatic rings. The van der Waals surface area contributed by atoms with Gasteiger partial charge in [-0.2, -0.15) is 0 Å². The molecule has 0 saturated carbocycles. The molecule has 2 aromatic carbocycles. The minimum atomic E-state index is -0.264. The molecule has 4 nitrogen and oxygen atoms in total. The van der Waals surface area contributed by atoms with Crippen molar-refractivity contribution in [2.75, 3.05) is 31.2 Å². The number of methoxy groups -OCH3 is 1. The molecule has 0 bridgehead atoms. The zero-order chi connectivity index (χ0) is 16.9. The SMILES string of the molecule is COc1cc2c(cc1OCCCCl)C=NCN2c1ccc(F)cc1. The Morgan fingerprint density at radius 3 is 2.71 bits per heavy atom. The quantitative estimate of drug-likeness (QED) is 0.574. The van der Waals surface area contributed by atoms with Crippen molar-refractivity contribution in [3.05, 3.63) is 47.8 Å². The van der Waals surface area contributed by atoms with Gasteiger partial charge in [-0.25, -0.2) is 4.39 Å².